The third-order valence-electron chi connectivity index (χ3n) is 4.67. The van der Waals surface area contributed by atoms with Gasteiger partial charge in [-0.1, -0.05) is 71.7 Å². The lowest BCUT2D eigenvalue weighted by molar-refractivity contribution is 0.306. The Bertz CT molecular complexity index is 883. The smallest absolute Gasteiger partial charge is 0.120 e. The quantitative estimate of drug-likeness (QED) is 0.422. The maximum atomic E-state index is 6.21. The van der Waals surface area contributed by atoms with E-state index < -0.39 is 0 Å². The van der Waals surface area contributed by atoms with E-state index in [4.69, 9.17) is 27.9 Å². The van der Waals surface area contributed by atoms with Crippen LogP contribution in [0.1, 0.15) is 30.0 Å². The second-order valence-corrected chi connectivity index (χ2v) is 7.82. The van der Waals surface area contributed by atoms with Crippen molar-refractivity contribution in [1.29, 1.82) is 0 Å². The first kappa shape index (κ1) is 20.7. The van der Waals surface area contributed by atoms with Crippen molar-refractivity contribution >= 4 is 23.2 Å². The van der Waals surface area contributed by atoms with E-state index in [-0.39, 0.29) is 0 Å². The van der Waals surface area contributed by atoms with Gasteiger partial charge in [0.1, 0.15) is 12.4 Å². The van der Waals surface area contributed by atoms with Gasteiger partial charge in [0.2, 0.25) is 0 Å². The molecule has 1 N–H and O–H groups in total. The molecule has 0 aliphatic rings. The highest BCUT2D eigenvalue weighted by atomic mass is 35.5. The zero-order chi connectivity index (χ0) is 19.8. The molecule has 0 saturated carbocycles. The molecule has 0 fully saturated rings. The maximum absolute atomic E-state index is 6.21. The fraction of sp³-hybridized carbons (Fsp3) is 0.250. The van der Waals surface area contributed by atoms with Crippen LogP contribution in [0.15, 0.2) is 72.8 Å². The van der Waals surface area contributed by atoms with Gasteiger partial charge in [0.05, 0.1) is 0 Å². The molecule has 1 atom stereocenters. The van der Waals surface area contributed by atoms with Crippen molar-refractivity contribution in [3.8, 4) is 5.75 Å². The number of nitrogens with one attached hydrogen (secondary N) is 1. The average molecular weight is 414 g/mol. The predicted molar refractivity (Wildman–Crippen MR) is 118 cm³/mol. The highest BCUT2D eigenvalue weighted by Crippen LogP contribution is 2.23. The second kappa shape index (κ2) is 10.5. The molecule has 0 amide bonds. The molecule has 0 spiro atoms. The Hall–Kier alpha value is -2.00. The summed E-state index contributed by atoms with van der Waals surface area (Å²) in [7, 11) is 0. The van der Waals surface area contributed by atoms with E-state index in [9.17, 15) is 0 Å². The van der Waals surface area contributed by atoms with E-state index in [0.717, 1.165) is 30.7 Å². The minimum absolute atomic E-state index is 0.417. The monoisotopic (exact) mass is 413 g/mol. The van der Waals surface area contributed by atoms with E-state index in [0.29, 0.717) is 22.7 Å². The summed E-state index contributed by atoms with van der Waals surface area (Å²) >= 11 is 12.2. The number of benzene rings is 3. The van der Waals surface area contributed by atoms with Gasteiger partial charge in [0, 0.05) is 28.2 Å². The Labute approximate surface area is 177 Å². The normalized spacial score (nSPS) is 12.0. The fourth-order valence-corrected chi connectivity index (χ4v) is 3.43. The van der Waals surface area contributed by atoms with Crippen LogP contribution in [0.4, 0.5) is 0 Å². The molecule has 0 unspecified atom stereocenters. The van der Waals surface area contributed by atoms with Crippen molar-refractivity contribution in [2.45, 2.75) is 39.0 Å². The van der Waals surface area contributed by atoms with Crippen LogP contribution < -0.4 is 10.1 Å². The van der Waals surface area contributed by atoms with Crippen LogP contribution in [0.5, 0.6) is 5.75 Å². The summed E-state index contributed by atoms with van der Waals surface area (Å²) in [6.07, 6.45) is 2.19. The summed E-state index contributed by atoms with van der Waals surface area (Å²) in [6.45, 7) is 3.46. The van der Waals surface area contributed by atoms with Crippen molar-refractivity contribution in [1.82, 2.24) is 5.32 Å². The van der Waals surface area contributed by atoms with Crippen LogP contribution in [0.25, 0.3) is 0 Å². The first-order valence-corrected chi connectivity index (χ1v) is 10.3. The van der Waals surface area contributed by atoms with Crippen LogP contribution in [0.2, 0.25) is 10.0 Å². The molecule has 3 aromatic rings. The highest BCUT2D eigenvalue weighted by Gasteiger charge is 2.05. The molecule has 0 saturated heterocycles. The van der Waals surface area contributed by atoms with Gasteiger partial charge in [-0.3, -0.25) is 0 Å². The van der Waals surface area contributed by atoms with Gasteiger partial charge in [0.15, 0.2) is 0 Å². The molecule has 0 heterocycles. The lowest BCUT2D eigenvalue weighted by atomic mass is 10.1. The summed E-state index contributed by atoms with van der Waals surface area (Å²) in [5.41, 5.74) is 3.50. The standard InChI is InChI=1S/C24H25Cl2NO/c1-18(10-11-19-6-3-2-4-7-19)27-16-20-8-5-9-23(14-20)28-17-21-12-13-22(25)15-24(21)26/h2-9,12-15,18,27H,10-11,16-17H2,1H3/t18-/m1/s1. The zero-order valence-corrected chi connectivity index (χ0v) is 17.5. The molecule has 0 bridgehead atoms. The third kappa shape index (κ3) is 6.56. The van der Waals surface area contributed by atoms with Crippen molar-refractivity contribution in [2.75, 3.05) is 0 Å². The third-order valence-corrected chi connectivity index (χ3v) is 5.26. The van der Waals surface area contributed by atoms with Crippen molar-refractivity contribution in [2.24, 2.45) is 0 Å². The van der Waals surface area contributed by atoms with Gasteiger partial charge in [0.25, 0.3) is 0 Å². The molecule has 2 nitrogen and oxygen atoms in total. The van der Waals surface area contributed by atoms with E-state index >= 15 is 0 Å². The van der Waals surface area contributed by atoms with E-state index in [2.05, 4.69) is 54.7 Å². The van der Waals surface area contributed by atoms with Gasteiger partial charge in [-0.15, -0.1) is 0 Å². The van der Waals surface area contributed by atoms with Crippen LogP contribution >= 0.6 is 23.2 Å². The maximum Gasteiger partial charge on any atom is 0.120 e. The summed E-state index contributed by atoms with van der Waals surface area (Å²) < 4.78 is 5.91. The Morgan fingerprint density at radius 1 is 0.893 bits per heavy atom. The summed E-state index contributed by atoms with van der Waals surface area (Å²) in [5, 5.41) is 4.84. The molecule has 146 valence electrons. The molecule has 3 aromatic carbocycles. The molecule has 4 heteroatoms. The molecule has 3 rings (SSSR count). The molecule has 0 radical (unpaired) electrons. The van der Waals surface area contributed by atoms with Gasteiger partial charge in [-0.2, -0.15) is 0 Å². The highest BCUT2D eigenvalue weighted by molar-refractivity contribution is 6.35. The molecule has 0 aliphatic heterocycles. The fourth-order valence-electron chi connectivity index (χ4n) is 2.97. The molecule has 0 aromatic heterocycles. The molecular formula is C24H25Cl2NO. The van der Waals surface area contributed by atoms with Crippen LogP contribution in [0.3, 0.4) is 0 Å². The van der Waals surface area contributed by atoms with Gasteiger partial charge < -0.3 is 10.1 Å². The van der Waals surface area contributed by atoms with E-state index in [1.807, 2.05) is 24.3 Å². The number of ether oxygens (including phenoxy) is 1. The minimum Gasteiger partial charge on any atom is -0.489 e. The van der Waals surface area contributed by atoms with E-state index in [1.165, 1.54) is 11.1 Å². The van der Waals surface area contributed by atoms with E-state index in [1.54, 1.807) is 6.07 Å². The zero-order valence-electron chi connectivity index (χ0n) is 16.0. The Morgan fingerprint density at radius 3 is 2.46 bits per heavy atom. The first-order valence-electron chi connectivity index (χ1n) is 9.53. The number of halogens is 2. The van der Waals surface area contributed by atoms with Crippen LogP contribution in [0, 0.1) is 0 Å². The summed E-state index contributed by atoms with van der Waals surface area (Å²) in [4.78, 5) is 0. The topological polar surface area (TPSA) is 21.3 Å². The van der Waals surface area contributed by atoms with Gasteiger partial charge >= 0.3 is 0 Å². The average Bonchev–Trinajstić information content (AvgIpc) is 2.71. The van der Waals surface area contributed by atoms with Crippen molar-refractivity contribution < 1.29 is 4.74 Å². The summed E-state index contributed by atoms with van der Waals surface area (Å²) in [6, 6.07) is 24.7. The summed E-state index contributed by atoms with van der Waals surface area (Å²) in [5.74, 6) is 0.835. The minimum atomic E-state index is 0.417. The Morgan fingerprint density at radius 2 is 1.68 bits per heavy atom. The van der Waals surface area contributed by atoms with Crippen molar-refractivity contribution in [3.63, 3.8) is 0 Å². The van der Waals surface area contributed by atoms with Gasteiger partial charge in [-0.05, 0) is 55.2 Å². The lowest BCUT2D eigenvalue weighted by Crippen LogP contribution is -2.25. The number of hydrogen-bond acceptors (Lipinski definition) is 2. The number of rotatable bonds is 9. The molecular weight excluding hydrogens is 389 g/mol. The van der Waals surface area contributed by atoms with Crippen molar-refractivity contribution in [3.05, 3.63) is 99.5 Å². The first-order chi connectivity index (χ1) is 13.6. The lowest BCUT2D eigenvalue weighted by Gasteiger charge is -2.15. The molecule has 28 heavy (non-hydrogen) atoms. The number of aryl methyl sites for hydroxylation is 1. The SMILES string of the molecule is C[C@H](CCc1ccccc1)NCc1cccc(OCc2ccc(Cl)cc2Cl)c1. The second-order valence-electron chi connectivity index (χ2n) is 6.98. The number of hydrogen-bond donors (Lipinski definition) is 1. The predicted octanol–water partition coefficient (Wildman–Crippen LogP) is 6.68. The van der Waals surface area contributed by atoms with Gasteiger partial charge in [-0.25, -0.2) is 0 Å². The van der Waals surface area contributed by atoms with Crippen LogP contribution in [-0.2, 0) is 19.6 Å². The molecule has 0 aliphatic carbocycles. The Balaban J connectivity index is 1.47. The van der Waals surface area contributed by atoms with Crippen LogP contribution in [-0.4, -0.2) is 6.04 Å². The Kier molecular flexibility index (Phi) is 7.79. The largest absolute Gasteiger partial charge is 0.489 e.